The number of esters is 1. The lowest BCUT2D eigenvalue weighted by molar-refractivity contribution is -0.129. The van der Waals surface area contributed by atoms with Crippen LogP contribution >= 0.6 is 0 Å². The fraction of sp³-hybridized carbons (Fsp3) is 0.0625. The van der Waals surface area contributed by atoms with Crippen molar-refractivity contribution in [3.63, 3.8) is 0 Å². The van der Waals surface area contributed by atoms with Crippen molar-refractivity contribution in [3.05, 3.63) is 71.2 Å². The molecule has 0 unspecified atom stereocenters. The Kier molecular flexibility index (Phi) is 3.13. The van der Waals surface area contributed by atoms with Crippen LogP contribution in [0.3, 0.4) is 0 Å². The summed E-state index contributed by atoms with van der Waals surface area (Å²) in [5.74, 6) is -0.0876. The van der Waals surface area contributed by atoms with Crippen molar-refractivity contribution in [2.24, 2.45) is 4.99 Å². The van der Waals surface area contributed by atoms with Crippen molar-refractivity contribution in [2.45, 2.75) is 6.92 Å². The SMILES string of the molecule is Cc1ccccc1C1=NC(=Cc2cccnc2)C(=O)O1. The summed E-state index contributed by atoms with van der Waals surface area (Å²) >= 11 is 0. The third kappa shape index (κ3) is 2.36. The van der Waals surface area contributed by atoms with Gasteiger partial charge in [-0.3, -0.25) is 4.98 Å². The quantitative estimate of drug-likeness (QED) is 0.619. The molecule has 1 aromatic heterocycles. The molecule has 1 aliphatic rings. The molecule has 1 aliphatic heterocycles. The molecule has 0 amide bonds. The summed E-state index contributed by atoms with van der Waals surface area (Å²) in [5.41, 5.74) is 2.95. The Morgan fingerprint density at radius 2 is 2.00 bits per heavy atom. The predicted octanol–water partition coefficient (Wildman–Crippen LogP) is 2.73. The van der Waals surface area contributed by atoms with E-state index in [4.69, 9.17) is 4.74 Å². The number of hydrogen-bond donors (Lipinski definition) is 0. The molecular weight excluding hydrogens is 252 g/mol. The average Bonchev–Trinajstić information content (AvgIpc) is 2.81. The summed E-state index contributed by atoms with van der Waals surface area (Å²) in [6, 6.07) is 11.3. The van der Waals surface area contributed by atoms with Gasteiger partial charge in [-0.25, -0.2) is 9.79 Å². The minimum atomic E-state index is -0.438. The molecule has 4 heteroatoms. The van der Waals surface area contributed by atoms with E-state index in [1.54, 1.807) is 24.5 Å². The van der Waals surface area contributed by atoms with Crippen LogP contribution in [0.1, 0.15) is 16.7 Å². The van der Waals surface area contributed by atoms with E-state index in [0.29, 0.717) is 5.90 Å². The molecule has 0 radical (unpaired) electrons. The number of hydrogen-bond acceptors (Lipinski definition) is 4. The van der Waals surface area contributed by atoms with Crippen molar-refractivity contribution in [2.75, 3.05) is 0 Å². The summed E-state index contributed by atoms with van der Waals surface area (Å²) < 4.78 is 5.24. The molecule has 0 aliphatic carbocycles. The Morgan fingerprint density at radius 1 is 1.15 bits per heavy atom. The molecule has 0 bridgehead atoms. The standard InChI is InChI=1S/C16H12N2O2/c1-11-5-2-3-7-13(11)15-18-14(16(19)20-15)9-12-6-4-8-17-10-12/h2-10H,1H3. The lowest BCUT2D eigenvalue weighted by atomic mass is 10.1. The minimum absolute atomic E-state index is 0.288. The summed E-state index contributed by atoms with van der Waals surface area (Å²) in [6.45, 7) is 1.95. The summed E-state index contributed by atoms with van der Waals surface area (Å²) in [6.07, 6.45) is 5.01. The number of aliphatic imine (C=N–C) groups is 1. The van der Waals surface area contributed by atoms with Gasteiger partial charge in [0.1, 0.15) is 0 Å². The van der Waals surface area contributed by atoms with Gasteiger partial charge < -0.3 is 4.74 Å². The lowest BCUT2D eigenvalue weighted by Crippen LogP contribution is -2.06. The van der Waals surface area contributed by atoms with Crippen LogP contribution in [0.4, 0.5) is 0 Å². The second kappa shape index (κ2) is 5.09. The Balaban J connectivity index is 1.98. The van der Waals surface area contributed by atoms with Crippen molar-refractivity contribution in [3.8, 4) is 0 Å². The molecular formula is C16H12N2O2. The maximum Gasteiger partial charge on any atom is 0.363 e. The first-order valence-electron chi connectivity index (χ1n) is 6.22. The number of cyclic esters (lactones) is 1. The average molecular weight is 264 g/mol. The van der Waals surface area contributed by atoms with Gasteiger partial charge in [-0.1, -0.05) is 24.3 Å². The van der Waals surface area contributed by atoms with Crippen molar-refractivity contribution >= 4 is 17.9 Å². The fourth-order valence-corrected chi connectivity index (χ4v) is 1.96. The molecule has 2 aromatic rings. The molecule has 1 aromatic carbocycles. The van der Waals surface area contributed by atoms with Gasteiger partial charge >= 0.3 is 5.97 Å². The maximum atomic E-state index is 11.8. The second-order valence-corrected chi connectivity index (χ2v) is 4.44. The molecule has 3 rings (SSSR count). The molecule has 20 heavy (non-hydrogen) atoms. The van der Waals surface area contributed by atoms with Gasteiger partial charge in [0.05, 0.1) is 0 Å². The lowest BCUT2D eigenvalue weighted by Gasteiger charge is -2.02. The van der Waals surface area contributed by atoms with Gasteiger partial charge in [-0.2, -0.15) is 0 Å². The van der Waals surface area contributed by atoms with E-state index in [0.717, 1.165) is 16.7 Å². The van der Waals surface area contributed by atoms with E-state index >= 15 is 0 Å². The highest BCUT2D eigenvalue weighted by Gasteiger charge is 2.24. The van der Waals surface area contributed by atoms with E-state index in [2.05, 4.69) is 9.98 Å². The zero-order valence-electron chi connectivity index (χ0n) is 10.9. The molecule has 2 heterocycles. The minimum Gasteiger partial charge on any atom is -0.402 e. The van der Waals surface area contributed by atoms with Crippen molar-refractivity contribution < 1.29 is 9.53 Å². The van der Waals surface area contributed by atoms with E-state index in [-0.39, 0.29) is 5.70 Å². The predicted molar refractivity (Wildman–Crippen MR) is 76.0 cm³/mol. The van der Waals surface area contributed by atoms with E-state index < -0.39 is 5.97 Å². The van der Waals surface area contributed by atoms with Crippen molar-refractivity contribution in [1.82, 2.24) is 4.98 Å². The van der Waals surface area contributed by atoms with E-state index in [1.165, 1.54) is 0 Å². The number of benzene rings is 1. The largest absolute Gasteiger partial charge is 0.402 e. The smallest absolute Gasteiger partial charge is 0.363 e. The Hall–Kier alpha value is -2.75. The zero-order chi connectivity index (χ0) is 13.9. The third-order valence-electron chi connectivity index (χ3n) is 2.98. The monoisotopic (exact) mass is 264 g/mol. The fourth-order valence-electron chi connectivity index (χ4n) is 1.96. The molecule has 0 spiro atoms. The van der Waals surface area contributed by atoms with Gasteiger partial charge in [0.25, 0.3) is 0 Å². The Labute approximate surface area is 116 Å². The van der Waals surface area contributed by atoms with Crippen LogP contribution in [-0.2, 0) is 9.53 Å². The second-order valence-electron chi connectivity index (χ2n) is 4.44. The van der Waals surface area contributed by atoms with Gasteiger partial charge in [-0.15, -0.1) is 0 Å². The topological polar surface area (TPSA) is 51.5 Å². The van der Waals surface area contributed by atoms with Crippen LogP contribution in [0.15, 0.2) is 59.5 Å². The van der Waals surface area contributed by atoms with Gasteiger partial charge in [-0.05, 0) is 36.3 Å². The van der Waals surface area contributed by atoms with E-state index in [9.17, 15) is 4.79 Å². The van der Waals surface area contributed by atoms with Gasteiger partial charge in [0, 0.05) is 18.0 Å². The number of ether oxygens (including phenoxy) is 1. The van der Waals surface area contributed by atoms with Crippen LogP contribution < -0.4 is 0 Å². The molecule has 0 saturated heterocycles. The number of carbonyl (C=O) groups excluding carboxylic acids is 1. The summed E-state index contributed by atoms with van der Waals surface area (Å²) in [4.78, 5) is 20.1. The number of nitrogens with zero attached hydrogens (tertiary/aromatic N) is 2. The maximum absolute atomic E-state index is 11.8. The van der Waals surface area contributed by atoms with Crippen LogP contribution in [0.2, 0.25) is 0 Å². The summed E-state index contributed by atoms with van der Waals surface area (Å²) in [5, 5.41) is 0. The van der Waals surface area contributed by atoms with Crippen LogP contribution in [0.25, 0.3) is 6.08 Å². The molecule has 0 fully saturated rings. The first-order valence-corrected chi connectivity index (χ1v) is 6.22. The first kappa shape index (κ1) is 12.3. The van der Waals surface area contributed by atoms with Crippen LogP contribution in [-0.4, -0.2) is 16.9 Å². The molecule has 4 nitrogen and oxygen atoms in total. The number of pyridine rings is 1. The number of aromatic nitrogens is 1. The highest BCUT2D eigenvalue weighted by Crippen LogP contribution is 2.20. The number of carbonyl (C=O) groups is 1. The Bertz CT molecular complexity index is 718. The highest BCUT2D eigenvalue weighted by atomic mass is 16.6. The van der Waals surface area contributed by atoms with Gasteiger partial charge in [0.2, 0.25) is 5.90 Å². The number of rotatable bonds is 2. The molecule has 0 atom stereocenters. The highest BCUT2D eigenvalue weighted by molar-refractivity contribution is 6.13. The first-order chi connectivity index (χ1) is 9.74. The van der Waals surface area contributed by atoms with Crippen LogP contribution in [0, 0.1) is 6.92 Å². The molecule has 0 N–H and O–H groups in total. The summed E-state index contributed by atoms with van der Waals surface area (Å²) in [7, 11) is 0. The van der Waals surface area contributed by atoms with E-state index in [1.807, 2.05) is 37.3 Å². The number of aryl methyl sites for hydroxylation is 1. The zero-order valence-corrected chi connectivity index (χ0v) is 10.9. The molecule has 98 valence electrons. The molecule has 0 saturated carbocycles. The van der Waals surface area contributed by atoms with Crippen LogP contribution in [0.5, 0.6) is 0 Å². The van der Waals surface area contributed by atoms with Crippen molar-refractivity contribution in [1.29, 1.82) is 0 Å². The third-order valence-corrected chi connectivity index (χ3v) is 2.98. The Morgan fingerprint density at radius 3 is 2.75 bits per heavy atom. The van der Waals surface area contributed by atoms with Gasteiger partial charge in [0.15, 0.2) is 5.70 Å². The normalized spacial score (nSPS) is 16.1.